The third-order valence-corrected chi connectivity index (χ3v) is 3.20. The van der Waals surface area contributed by atoms with Crippen molar-refractivity contribution in [2.75, 3.05) is 0 Å². The summed E-state index contributed by atoms with van der Waals surface area (Å²) in [6.07, 6.45) is 0.816. The molecule has 0 saturated carbocycles. The van der Waals surface area contributed by atoms with Gasteiger partial charge in [-0.15, -0.1) is 4.68 Å². The van der Waals surface area contributed by atoms with Crippen LogP contribution in [0.4, 0.5) is 0 Å². The zero-order valence-corrected chi connectivity index (χ0v) is 11.7. The molecule has 0 unspecified atom stereocenters. The molecular formula is C11H11Cl3N3+. The first-order valence-corrected chi connectivity index (χ1v) is 6.28. The minimum absolute atomic E-state index is 0.488. The van der Waals surface area contributed by atoms with E-state index < -0.39 is 0 Å². The number of aryl methyl sites for hydroxylation is 2. The molecule has 90 valence electrons. The minimum Gasteiger partial charge on any atom is -0.186 e. The Morgan fingerprint density at radius 2 is 1.82 bits per heavy atom. The Kier molecular flexibility index (Phi) is 3.61. The summed E-state index contributed by atoms with van der Waals surface area (Å²) in [5.74, 6) is 1.68. The normalized spacial score (nSPS) is 10.9. The Hall–Kier alpha value is -0.770. The van der Waals surface area contributed by atoms with Gasteiger partial charge in [-0.2, -0.15) is 5.10 Å². The maximum Gasteiger partial charge on any atom is 0.321 e. The monoisotopic (exact) mass is 290 g/mol. The summed E-state index contributed by atoms with van der Waals surface area (Å²) in [5, 5.41) is 4.63. The molecule has 1 aromatic carbocycles. The summed E-state index contributed by atoms with van der Waals surface area (Å²) in [5.41, 5.74) is 0.669. The first kappa shape index (κ1) is 12.7. The number of hydrogen-bond donors (Lipinski definition) is 1. The lowest BCUT2D eigenvalue weighted by molar-refractivity contribution is -0.663. The molecule has 0 spiro atoms. The number of halogens is 3. The number of rotatable bonds is 2. The molecule has 0 bridgehead atoms. The standard InChI is InChI=1S/C11H10Cl3N3/c1-3-10-15-6(2)17(16-10)11-8(13)4-7(12)5-9(11)14/h4-5H,3H2,1-2H3/p+1. The largest absolute Gasteiger partial charge is 0.321 e. The summed E-state index contributed by atoms with van der Waals surface area (Å²) < 4.78 is 1.76. The Bertz CT molecular complexity index is 540. The summed E-state index contributed by atoms with van der Waals surface area (Å²) in [4.78, 5) is 4.37. The number of aromatic amines is 1. The second-order valence-corrected chi connectivity index (χ2v) is 4.88. The van der Waals surface area contributed by atoms with Gasteiger partial charge in [0.15, 0.2) is 5.69 Å². The van der Waals surface area contributed by atoms with E-state index in [4.69, 9.17) is 34.8 Å². The molecule has 2 aromatic rings. The van der Waals surface area contributed by atoms with Crippen LogP contribution in [0.25, 0.3) is 5.69 Å². The molecule has 2 rings (SSSR count). The zero-order chi connectivity index (χ0) is 12.6. The van der Waals surface area contributed by atoms with Crippen molar-refractivity contribution in [3.8, 4) is 5.69 Å². The molecule has 1 heterocycles. The van der Waals surface area contributed by atoms with E-state index in [-0.39, 0.29) is 0 Å². The van der Waals surface area contributed by atoms with Crippen molar-refractivity contribution in [3.63, 3.8) is 0 Å². The van der Waals surface area contributed by atoms with Gasteiger partial charge < -0.3 is 0 Å². The van der Waals surface area contributed by atoms with Gasteiger partial charge >= 0.3 is 5.82 Å². The van der Waals surface area contributed by atoms with Crippen molar-refractivity contribution in [2.24, 2.45) is 0 Å². The Labute approximate surface area is 114 Å². The van der Waals surface area contributed by atoms with Crippen LogP contribution in [0, 0.1) is 6.92 Å². The molecule has 1 aromatic heterocycles. The number of H-pyrrole nitrogens is 1. The lowest BCUT2D eigenvalue weighted by Gasteiger charge is -2.03. The molecule has 0 aliphatic heterocycles. The number of aromatic nitrogens is 3. The molecule has 0 fully saturated rings. The van der Waals surface area contributed by atoms with E-state index in [2.05, 4.69) is 10.1 Å². The predicted molar refractivity (Wildman–Crippen MR) is 69.3 cm³/mol. The van der Waals surface area contributed by atoms with E-state index in [1.165, 1.54) is 0 Å². The fourth-order valence-electron chi connectivity index (χ4n) is 1.60. The average molecular weight is 292 g/mol. The summed E-state index contributed by atoms with van der Waals surface area (Å²) in [6, 6.07) is 3.31. The molecule has 6 heteroatoms. The molecule has 0 amide bonds. The Morgan fingerprint density at radius 1 is 1.24 bits per heavy atom. The molecule has 0 atom stereocenters. The van der Waals surface area contributed by atoms with Crippen LogP contribution in [0.3, 0.4) is 0 Å². The highest BCUT2D eigenvalue weighted by atomic mass is 35.5. The van der Waals surface area contributed by atoms with Crippen LogP contribution in [-0.2, 0) is 6.42 Å². The van der Waals surface area contributed by atoms with E-state index in [1.54, 1.807) is 16.8 Å². The van der Waals surface area contributed by atoms with Gasteiger partial charge in [0, 0.05) is 18.4 Å². The van der Waals surface area contributed by atoms with Crippen molar-refractivity contribution in [1.29, 1.82) is 0 Å². The van der Waals surface area contributed by atoms with Crippen molar-refractivity contribution >= 4 is 34.8 Å². The maximum atomic E-state index is 6.16. The van der Waals surface area contributed by atoms with Crippen LogP contribution in [0.15, 0.2) is 12.1 Å². The lowest BCUT2D eigenvalue weighted by atomic mass is 10.3. The Balaban J connectivity index is 2.63. The summed E-state index contributed by atoms with van der Waals surface area (Å²) in [6.45, 7) is 3.91. The van der Waals surface area contributed by atoms with Crippen molar-refractivity contribution < 1.29 is 4.68 Å². The SMILES string of the molecule is CCc1nc(C)[n+](-c2c(Cl)cc(Cl)cc2Cl)[nH]1. The number of nitrogens with one attached hydrogen (secondary N) is 1. The van der Waals surface area contributed by atoms with E-state index in [1.807, 2.05) is 13.8 Å². The Morgan fingerprint density at radius 3 is 2.29 bits per heavy atom. The summed E-state index contributed by atoms with van der Waals surface area (Å²) >= 11 is 18.2. The second kappa shape index (κ2) is 4.84. The number of hydrogen-bond acceptors (Lipinski definition) is 1. The average Bonchev–Trinajstić information content (AvgIpc) is 2.59. The van der Waals surface area contributed by atoms with Crippen LogP contribution in [-0.4, -0.2) is 10.1 Å². The van der Waals surface area contributed by atoms with Crippen LogP contribution in [0.5, 0.6) is 0 Å². The van der Waals surface area contributed by atoms with E-state index in [9.17, 15) is 0 Å². The van der Waals surface area contributed by atoms with Gasteiger partial charge in [-0.25, -0.2) is 0 Å². The maximum absolute atomic E-state index is 6.16. The molecule has 17 heavy (non-hydrogen) atoms. The second-order valence-electron chi connectivity index (χ2n) is 3.62. The smallest absolute Gasteiger partial charge is 0.186 e. The van der Waals surface area contributed by atoms with Crippen molar-refractivity contribution in [3.05, 3.63) is 38.8 Å². The minimum atomic E-state index is 0.488. The first-order valence-electron chi connectivity index (χ1n) is 5.15. The lowest BCUT2D eigenvalue weighted by Crippen LogP contribution is -2.36. The van der Waals surface area contributed by atoms with Gasteiger partial charge in [-0.1, -0.05) is 41.7 Å². The van der Waals surface area contributed by atoms with Crippen LogP contribution in [0.1, 0.15) is 18.6 Å². The first-order chi connectivity index (χ1) is 8.02. The zero-order valence-electron chi connectivity index (χ0n) is 9.39. The van der Waals surface area contributed by atoms with Crippen LogP contribution < -0.4 is 4.68 Å². The molecule has 0 aliphatic rings. The fraction of sp³-hybridized carbons (Fsp3) is 0.273. The molecule has 1 N–H and O–H groups in total. The van der Waals surface area contributed by atoms with Gasteiger partial charge in [0.1, 0.15) is 0 Å². The van der Waals surface area contributed by atoms with Crippen molar-refractivity contribution in [2.45, 2.75) is 20.3 Å². The van der Waals surface area contributed by atoms with Crippen LogP contribution >= 0.6 is 34.8 Å². The predicted octanol–water partition coefficient (Wildman–Crippen LogP) is 3.52. The highest BCUT2D eigenvalue weighted by molar-refractivity contribution is 6.40. The summed E-state index contributed by atoms with van der Waals surface area (Å²) in [7, 11) is 0. The molecule has 0 radical (unpaired) electrons. The van der Waals surface area contributed by atoms with Crippen LogP contribution in [0.2, 0.25) is 15.1 Å². The third-order valence-electron chi connectivity index (χ3n) is 2.40. The van der Waals surface area contributed by atoms with Gasteiger partial charge in [0.2, 0.25) is 0 Å². The van der Waals surface area contributed by atoms with Crippen molar-refractivity contribution in [1.82, 2.24) is 10.1 Å². The fourth-order valence-corrected chi connectivity index (χ4v) is 2.59. The van der Waals surface area contributed by atoms with Gasteiger partial charge in [-0.3, -0.25) is 0 Å². The van der Waals surface area contributed by atoms with E-state index in [0.29, 0.717) is 20.8 Å². The van der Waals surface area contributed by atoms with E-state index >= 15 is 0 Å². The topological polar surface area (TPSA) is 32.6 Å². The number of nitrogens with zero attached hydrogens (tertiary/aromatic N) is 2. The quantitative estimate of drug-likeness (QED) is 0.844. The molecule has 0 saturated heterocycles. The molecular weight excluding hydrogens is 281 g/mol. The van der Waals surface area contributed by atoms with Gasteiger partial charge in [-0.05, 0) is 17.1 Å². The van der Waals surface area contributed by atoms with Gasteiger partial charge in [0.05, 0.1) is 10.0 Å². The van der Waals surface area contributed by atoms with Gasteiger partial charge in [0.25, 0.3) is 5.82 Å². The van der Waals surface area contributed by atoms with E-state index in [0.717, 1.165) is 18.1 Å². The molecule has 0 aliphatic carbocycles. The third kappa shape index (κ3) is 2.41. The highest BCUT2D eigenvalue weighted by Gasteiger charge is 2.21. The molecule has 3 nitrogen and oxygen atoms in total. The number of benzene rings is 1. The highest BCUT2D eigenvalue weighted by Crippen LogP contribution is 2.28.